The molecule has 0 aromatic heterocycles. The number of halogens is 3. The Morgan fingerprint density at radius 2 is 1.65 bits per heavy atom. The summed E-state index contributed by atoms with van der Waals surface area (Å²) in [5.41, 5.74) is 1.02. The maximum atomic E-state index is 12.9. The second-order valence-electron chi connectivity index (χ2n) is 3.46. The van der Waals surface area contributed by atoms with Gasteiger partial charge < -0.3 is 0 Å². The van der Waals surface area contributed by atoms with Crippen LogP contribution in [0.4, 0.5) is 4.39 Å². The zero-order valence-electron chi connectivity index (χ0n) is 8.58. The first-order valence-corrected chi connectivity index (χ1v) is 6.42. The molecule has 0 radical (unpaired) electrons. The lowest BCUT2D eigenvalue weighted by molar-refractivity contribution is 0.103. The van der Waals surface area contributed by atoms with E-state index in [0.717, 1.165) is 4.47 Å². The minimum atomic E-state index is -0.371. The molecule has 0 atom stereocenters. The van der Waals surface area contributed by atoms with Gasteiger partial charge in [-0.3, -0.25) is 4.79 Å². The third-order valence-electron chi connectivity index (χ3n) is 2.28. The Morgan fingerprint density at radius 3 is 2.24 bits per heavy atom. The minimum Gasteiger partial charge on any atom is -0.289 e. The Labute approximate surface area is 115 Å². The van der Waals surface area contributed by atoms with Crippen molar-refractivity contribution in [2.24, 2.45) is 0 Å². The number of carbonyl (C=O) groups is 1. The van der Waals surface area contributed by atoms with Gasteiger partial charge in [0.2, 0.25) is 0 Å². The highest BCUT2D eigenvalue weighted by atomic mass is 79.9. The van der Waals surface area contributed by atoms with E-state index in [2.05, 4.69) is 31.9 Å². The summed E-state index contributed by atoms with van der Waals surface area (Å²) in [6, 6.07) is 11.1. The predicted octanol–water partition coefficient (Wildman–Crippen LogP) is 4.58. The van der Waals surface area contributed by atoms with Gasteiger partial charge in [-0.1, -0.05) is 15.9 Å². The molecule has 0 unspecified atom stereocenters. The number of hydrogen-bond donors (Lipinski definition) is 0. The van der Waals surface area contributed by atoms with Crippen molar-refractivity contribution in [2.45, 2.75) is 0 Å². The molecular weight excluding hydrogens is 351 g/mol. The standard InChI is InChI=1S/C13H7Br2FO/c14-9-3-1-8(2-4-9)13(17)11-6-5-10(16)7-12(11)15/h1-7H. The number of ketones is 1. The van der Waals surface area contributed by atoms with Gasteiger partial charge >= 0.3 is 0 Å². The van der Waals surface area contributed by atoms with Crippen LogP contribution < -0.4 is 0 Å². The van der Waals surface area contributed by atoms with Crippen LogP contribution in [-0.4, -0.2) is 5.78 Å². The van der Waals surface area contributed by atoms with Gasteiger partial charge in [0.05, 0.1) is 0 Å². The summed E-state index contributed by atoms with van der Waals surface area (Å²) >= 11 is 6.49. The summed E-state index contributed by atoms with van der Waals surface area (Å²) in [4.78, 5) is 12.1. The summed E-state index contributed by atoms with van der Waals surface area (Å²) in [6.07, 6.45) is 0. The zero-order valence-corrected chi connectivity index (χ0v) is 11.8. The van der Waals surface area contributed by atoms with Gasteiger partial charge in [0.1, 0.15) is 5.82 Å². The molecule has 0 bridgehead atoms. The molecule has 1 nitrogen and oxygen atoms in total. The molecule has 0 heterocycles. The largest absolute Gasteiger partial charge is 0.289 e. The van der Waals surface area contributed by atoms with Crippen molar-refractivity contribution in [3.05, 3.63) is 68.4 Å². The van der Waals surface area contributed by atoms with Gasteiger partial charge in [0.15, 0.2) is 5.78 Å². The fraction of sp³-hybridized carbons (Fsp3) is 0. The average molecular weight is 358 g/mol. The molecule has 0 N–H and O–H groups in total. The molecule has 17 heavy (non-hydrogen) atoms. The molecule has 0 aliphatic carbocycles. The molecular formula is C13H7Br2FO. The van der Waals surface area contributed by atoms with E-state index in [4.69, 9.17) is 0 Å². The lowest BCUT2D eigenvalue weighted by atomic mass is 10.0. The predicted molar refractivity (Wildman–Crippen MR) is 71.7 cm³/mol. The van der Waals surface area contributed by atoms with E-state index in [1.54, 1.807) is 24.3 Å². The summed E-state index contributed by atoms with van der Waals surface area (Å²) in [5.74, 6) is -0.506. The SMILES string of the molecule is O=C(c1ccc(Br)cc1)c1ccc(F)cc1Br. The molecule has 2 aromatic carbocycles. The Hall–Kier alpha value is -1.00. The van der Waals surface area contributed by atoms with Crippen LogP contribution >= 0.6 is 31.9 Å². The molecule has 0 amide bonds. The van der Waals surface area contributed by atoms with E-state index in [-0.39, 0.29) is 11.6 Å². The van der Waals surface area contributed by atoms with Gasteiger partial charge in [-0.2, -0.15) is 0 Å². The van der Waals surface area contributed by atoms with E-state index in [1.165, 1.54) is 18.2 Å². The molecule has 0 aliphatic rings. The van der Waals surface area contributed by atoms with Gasteiger partial charge in [0, 0.05) is 20.1 Å². The van der Waals surface area contributed by atoms with Gasteiger partial charge in [-0.15, -0.1) is 0 Å². The van der Waals surface area contributed by atoms with Crippen LogP contribution in [0.25, 0.3) is 0 Å². The fourth-order valence-corrected chi connectivity index (χ4v) is 2.23. The first kappa shape index (κ1) is 12.5. The van der Waals surface area contributed by atoms with Crippen molar-refractivity contribution in [1.29, 1.82) is 0 Å². The molecule has 0 saturated heterocycles. The lowest BCUT2D eigenvalue weighted by Gasteiger charge is -2.04. The Kier molecular flexibility index (Phi) is 3.74. The number of benzene rings is 2. The Morgan fingerprint density at radius 1 is 1.00 bits per heavy atom. The topological polar surface area (TPSA) is 17.1 Å². The van der Waals surface area contributed by atoms with Gasteiger partial charge in [0.25, 0.3) is 0 Å². The molecule has 0 saturated carbocycles. The monoisotopic (exact) mass is 356 g/mol. The Bertz CT molecular complexity index is 564. The van der Waals surface area contributed by atoms with E-state index in [1.807, 2.05) is 0 Å². The molecule has 4 heteroatoms. The van der Waals surface area contributed by atoms with Crippen LogP contribution in [0.2, 0.25) is 0 Å². The molecule has 86 valence electrons. The zero-order chi connectivity index (χ0) is 12.4. The van der Waals surface area contributed by atoms with Crippen LogP contribution in [0.3, 0.4) is 0 Å². The highest BCUT2D eigenvalue weighted by Crippen LogP contribution is 2.22. The molecule has 0 aliphatic heterocycles. The van der Waals surface area contributed by atoms with Crippen LogP contribution in [0.15, 0.2) is 51.4 Å². The van der Waals surface area contributed by atoms with Crippen molar-refractivity contribution >= 4 is 37.6 Å². The van der Waals surface area contributed by atoms with Crippen molar-refractivity contribution in [3.8, 4) is 0 Å². The first-order valence-electron chi connectivity index (χ1n) is 4.83. The first-order chi connectivity index (χ1) is 8.08. The van der Waals surface area contributed by atoms with Gasteiger partial charge in [-0.25, -0.2) is 4.39 Å². The van der Waals surface area contributed by atoms with Gasteiger partial charge in [-0.05, 0) is 58.4 Å². The molecule has 2 rings (SSSR count). The molecule has 2 aromatic rings. The van der Waals surface area contributed by atoms with E-state index in [0.29, 0.717) is 15.6 Å². The highest BCUT2D eigenvalue weighted by molar-refractivity contribution is 9.10. The summed E-state index contributed by atoms with van der Waals surface area (Å²) in [5, 5.41) is 0. The minimum absolute atomic E-state index is 0.135. The van der Waals surface area contributed by atoms with Crippen LogP contribution in [-0.2, 0) is 0 Å². The van der Waals surface area contributed by atoms with E-state index in [9.17, 15) is 9.18 Å². The normalized spacial score (nSPS) is 10.3. The fourth-order valence-electron chi connectivity index (χ4n) is 1.43. The summed E-state index contributed by atoms with van der Waals surface area (Å²) in [7, 11) is 0. The second kappa shape index (κ2) is 5.10. The number of rotatable bonds is 2. The Balaban J connectivity index is 2.40. The van der Waals surface area contributed by atoms with E-state index >= 15 is 0 Å². The smallest absolute Gasteiger partial charge is 0.194 e. The maximum absolute atomic E-state index is 12.9. The van der Waals surface area contributed by atoms with Crippen molar-refractivity contribution < 1.29 is 9.18 Å². The van der Waals surface area contributed by atoms with Crippen molar-refractivity contribution in [1.82, 2.24) is 0 Å². The average Bonchev–Trinajstić information content (AvgIpc) is 2.29. The van der Waals surface area contributed by atoms with E-state index < -0.39 is 0 Å². The summed E-state index contributed by atoms with van der Waals surface area (Å²) in [6.45, 7) is 0. The number of carbonyl (C=O) groups excluding carboxylic acids is 1. The molecule has 0 spiro atoms. The van der Waals surface area contributed by atoms with Crippen LogP contribution in [0.5, 0.6) is 0 Å². The quantitative estimate of drug-likeness (QED) is 0.719. The maximum Gasteiger partial charge on any atom is 0.194 e. The summed E-state index contributed by atoms with van der Waals surface area (Å²) < 4.78 is 14.3. The lowest BCUT2D eigenvalue weighted by Crippen LogP contribution is -2.02. The number of hydrogen-bond acceptors (Lipinski definition) is 1. The molecule has 0 fully saturated rings. The highest BCUT2D eigenvalue weighted by Gasteiger charge is 2.12. The van der Waals surface area contributed by atoms with Crippen molar-refractivity contribution in [3.63, 3.8) is 0 Å². The second-order valence-corrected chi connectivity index (χ2v) is 5.23. The van der Waals surface area contributed by atoms with Crippen molar-refractivity contribution in [2.75, 3.05) is 0 Å². The third-order valence-corrected chi connectivity index (χ3v) is 3.47. The third kappa shape index (κ3) is 2.82. The van der Waals surface area contributed by atoms with Crippen LogP contribution in [0.1, 0.15) is 15.9 Å². The van der Waals surface area contributed by atoms with Crippen LogP contribution in [0, 0.1) is 5.82 Å².